The van der Waals surface area contributed by atoms with Crippen LogP contribution in [0.15, 0.2) is 54.6 Å². The summed E-state index contributed by atoms with van der Waals surface area (Å²) in [5.41, 5.74) is 2.76. The molecule has 0 radical (unpaired) electrons. The molecule has 26 heavy (non-hydrogen) atoms. The summed E-state index contributed by atoms with van der Waals surface area (Å²) in [5, 5.41) is 2.90. The number of nitrogens with one attached hydrogen (secondary N) is 1. The topological polar surface area (TPSA) is 58.6 Å². The fourth-order valence-corrected chi connectivity index (χ4v) is 3.12. The molecule has 136 valence electrons. The van der Waals surface area contributed by atoms with Crippen molar-refractivity contribution in [2.24, 2.45) is 0 Å². The Morgan fingerprint density at radius 2 is 1.81 bits per heavy atom. The third kappa shape index (κ3) is 4.85. The van der Waals surface area contributed by atoms with Gasteiger partial charge in [-0.05, 0) is 37.5 Å². The van der Waals surface area contributed by atoms with Crippen LogP contribution in [0.4, 0.5) is 4.79 Å². The van der Waals surface area contributed by atoms with Crippen molar-refractivity contribution in [2.45, 2.75) is 32.4 Å². The van der Waals surface area contributed by atoms with Crippen molar-refractivity contribution >= 4 is 12.0 Å². The van der Waals surface area contributed by atoms with E-state index in [9.17, 15) is 9.59 Å². The van der Waals surface area contributed by atoms with Gasteiger partial charge in [-0.3, -0.25) is 4.79 Å². The molecule has 5 heteroatoms. The fourth-order valence-electron chi connectivity index (χ4n) is 3.12. The molecule has 1 aliphatic heterocycles. The maximum atomic E-state index is 12.6. The van der Waals surface area contributed by atoms with Crippen molar-refractivity contribution in [2.75, 3.05) is 13.1 Å². The van der Waals surface area contributed by atoms with Gasteiger partial charge in [0.2, 0.25) is 0 Å². The molecule has 2 aromatic carbocycles. The van der Waals surface area contributed by atoms with Crippen LogP contribution in [0.2, 0.25) is 0 Å². The van der Waals surface area contributed by atoms with E-state index in [0.717, 1.165) is 29.5 Å². The smallest absolute Gasteiger partial charge is 0.407 e. The molecule has 0 aliphatic carbocycles. The number of nitrogens with zero attached hydrogens (tertiary/aromatic N) is 1. The largest absolute Gasteiger partial charge is 0.445 e. The van der Waals surface area contributed by atoms with Crippen molar-refractivity contribution in [3.05, 3.63) is 71.3 Å². The Labute approximate surface area is 154 Å². The summed E-state index contributed by atoms with van der Waals surface area (Å²) in [6.07, 6.45) is 1.06. The van der Waals surface area contributed by atoms with Crippen molar-refractivity contribution < 1.29 is 14.3 Å². The standard InChI is InChI=1S/C21H24N2O3/c1-16-6-5-9-18(14-16)20(24)23-12-10-19(11-13-23)22-21(25)26-15-17-7-3-2-4-8-17/h2-9,14,19H,10-13,15H2,1H3,(H,22,25). The maximum Gasteiger partial charge on any atom is 0.407 e. The second-order valence-electron chi connectivity index (χ2n) is 6.64. The summed E-state index contributed by atoms with van der Waals surface area (Å²) in [7, 11) is 0. The number of rotatable bonds is 4. The van der Waals surface area contributed by atoms with Crippen molar-refractivity contribution in [3.63, 3.8) is 0 Å². The summed E-state index contributed by atoms with van der Waals surface area (Å²) < 4.78 is 5.26. The van der Waals surface area contributed by atoms with Crippen LogP contribution in [0.3, 0.4) is 0 Å². The zero-order chi connectivity index (χ0) is 18.4. The van der Waals surface area contributed by atoms with Gasteiger partial charge in [-0.1, -0.05) is 48.0 Å². The molecular weight excluding hydrogens is 328 g/mol. The minimum absolute atomic E-state index is 0.0415. The van der Waals surface area contributed by atoms with Crippen molar-refractivity contribution in [1.29, 1.82) is 0 Å². The fraction of sp³-hybridized carbons (Fsp3) is 0.333. The highest BCUT2D eigenvalue weighted by molar-refractivity contribution is 5.94. The van der Waals surface area contributed by atoms with E-state index in [1.807, 2.05) is 66.4 Å². The Morgan fingerprint density at radius 1 is 1.08 bits per heavy atom. The summed E-state index contributed by atoms with van der Waals surface area (Å²) in [6.45, 7) is 3.51. The number of benzene rings is 2. The molecule has 3 rings (SSSR count). The summed E-state index contributed by atoms with van der Waals surface area (Å²) in [6, 6.07) is 17.3. The average Bonchev–Trinajstić information content (AvgIpc) is 2.67. The monoisotopic (exact) mass is 352 g/mol. The minimum Gasteiger partial charge on any atom is -0.445 e. The number of hydrogen-bond donors (Lipinski definition) is 1. The van der Waals surface area contributed by atoms with Crippen LogP contribution in [0, 0.1) is 6.92 Å². The first-order valence-electron chi connectivity index (χ1n) is 8.95. The SMILES string of the molecule is Cc1cccc(C(=O)N2CCC(NC(=O)OCc3ccccc3)CC2)c1. The van der Waals surface area contributed by atoms with Crippen molar-refractivity contribution in [3.8, 4) is 0 Å². The molecule has 0 aromatic heterocycles. The average molecular weight is 352 g/mol. The lowest BCUT2D eigenvalue weighted by Crippen LogP contribution is -2.46. The Morgan fingerprint density at radius 3 is 2.50 bits per heavy atom. The van der Waals surface area contributed by atoms with Gasteiger partial charge < -0.3 is 15.0 Å². The molecule has 1 heterocycles. The highest BCUT2D eigenvalue weighted by Gasteiger charge is 2.25. The lowest BCUT2D eigenvalue weighted by atomic mass is 10.0. The number of amides is 2. The molecule has 0 unspecified atom stereocenters. The summed E-state index contributed by atoms with van der Waals surface area (Å²) >= 11 is 0. The third-order valence-electron chi connectivity index (χ3n) is 4.58. The minimum atomic E-state index is -0.405. The molecule has 1 fully saturated rings. The second kappa shape index (κ2) is 8.52. The van der Waals surface area contributed by atoms with Gasteiger partial charge in [0.05, 0.1) is 0 Å². The molecule has 2 amide bonds. The maximum absolute atomic E-state index is 12.6. The number of aryl methyl sites for hydroxylation is 1. The molecule has 0 bridgehead atoms. The predicted molar refractivity (Wildman–Crippen MR) is 99.9 cm³/mol. The Hall–Kier alpha value is -2.82. The number of piperidine rings is 1. The first kappa shape index (κ1) is 18.0. The number of likely N-dealkylation sites (tertiary alicyclic amines) is 1. The number of carbonyl (C=O) groups is 2. The van der Waals surface area contributed by atoms with Gasteiger partial charge >= 0.3 is 6.09 Å². The van der Waals surface area contributed by atoms with Gasteiger partial charge in [-0.2, -0.15) is 0 Å². The zero-order valence-corrected chi connectivity index (χ0v) is 15.0. The summed E-state index contributed by atoms with van der Waals surface area (Å²) in [4.78, 5) is 26.3. The van der Waals surface area contributed by atoms with Crippen LogP contribution in [0.1, 0.15) is 34.3 Å². The lowest BCUT2D eigenvalue weighted by Gasteiger charge is -2.32. The van der Waals surface area contributed by atoms with Gasteiger partial charge in [-0.25, -0.2) is 4.79 Å². The van der Waals surface area contributed by atoms with Crippen molar-refractivity contribution in [1.82, 2.24) is 10.2 Å². The molecular formula is C21H24N2O3. The van der Waals surface area contributed by atoms with Gasteiger partial charge in [0.25, 0.3) is 5.91 Å². The quantitative estimate of drug-likeness (QED) is 0.916. The van der Waals surface area contributed by atoms with Crippen LogP contribution in [-0.2, 0) is 11.3 Å². The number of ether oxygens (including phenoxy) is 1. The van der Waals surface area contributed by atoms with Gasteiger partial charge in [0.15, 0.2) is 0 Å². The van der Waals surface area contributed by atoms with E-state index < -0.39 is 6.09 Å². The van der Waals surface area contributed by atoms with Crippen LogP contribution in [0.25, 0.3) is 0 Å². The Bertz CT molecular complexity index is 753. The highest BCUT2D eigenvalue weighted by Crippen LogP contribution is 2.15. The second-order valence-corrected chi connectivity index (χ2v) is 6.64. The molecule has 1 saturated heterocycles. The van der Waals surface area contributed by atoms with E-state index in [4.69, 9.17) is 4.74 Å². The molecule has 5 nitrogen and oxygen atoms in total. The molecule has 2 aromatic rings. The van der Waals surface area contributed by atoms with E-state index >= 15 is 0 Å². The van der Waals surface area contributed by atoms with E-state index in [1.54, 1.807) is 0 Å². The van der Waals surface area contributed by atoms with E-state index in [2.05, 4.69) is 5.32 Å². The number of hydrogen-bond acceptors (Lipinski definition) is 3. The van der Waals surface area contributed by atoms with Crippen LogP contribution in [-0.4, -0.2) is 36.0 Å². The first-order valence-corrected chi connectivity index (χ1v) is 8.95. The van der Waals surface area contributed by atoms with Crippen LogP contribution >= 0.6 is 0 Å². The van der Waals surface area contributed by atoms with E-state index in [0.29, 0.717) is 13.1 Å². The molecule has 0 spiro atoms. The third-order valence-corrected chi connectivity index (χ3v) is 4.58. The zero-order valence-electron chi connectivity index (χ0n) is 15.0. The normalized spacial score (nSPS) is 14.7. The number of carbonyl (C=O) groups excluding carboxylic acids is 2. The van der Waals surface area contributed by atoms with Crippen LogP contribution < -0.4 is 5.32 Å². The molecule has 1 N–H and O–H groups in total. The van der Waals surface area contributed by atoms with Gasteiger partial charge in [-0.15, -0.1) is 0 Å². The lowest BCUT2D eigenvalue weighted by molar-refractivity contribution is 0.0700. The van der Waals surface area contributed by atoms with Crippen LogP contribution in [0.5, 0.6) is 0 Å². The Kier molecular flexibility index (Phi) is 5.89. The predicted octanol–water partition coefficient (Wildman–Crippen LogP) is 3.53. The summed E-state index contributed by atoms with van der Waals surface area (Å²) in [5.74, 6) is 0.0544. The molecule has 1 aliphatic rings. The number of alkyl carbamates (subject to hydrolysis) is 1. The highest BCUT2D eigenvalue weighted by atomic mass is 16.5. The van der Waals surface area contributed by atoms with E-state index in [-0.39, 0.29) is 18.6 Å². The molecule has 0 saturated carbocycles. The van der Waals surface area contributed by atoms with Gasteiger partial charge in [0.1, 0.15) is 6.61 Å². The van der Waals surface area contributed by atoms with Gasteiger partial charge in [0, 0.05) is 24.7 Å². The van der Waals surface area contributed by atoms with E-state index in [1.165, 1.54) is 0 Å². The Balaban J connectivity index is 1.43. The molecule has 0 atom stereocenters. The first-order chi connectivity index (χ1) is 12.6.